The van der Waals surface area contributed by atoms with E-state index in [1.54, 1.807) is 0 Å². The van der Waals surface area contributed by atoms with Gasteiger partial charge in [-0.05, 0) is 36.1 Å². The number of nitrogens with zero attached hydrogens (tertiary/aromatic N) is 3. The van der Waals surface area contributed by atoms with E-state index in [1.807, 2.05) is 0 Å². The molecule has 1 aromatic heterocycles. The molecule has 3 heteroatoms. The molecule has 1 aliphatic rings. The molecule has 1 aliphatic carbocycles. The monoisotopic (exact) mass is 479 g/mol. The zero-order chi connectivity index (χ0) is 25.4. The number of hydrogen-bond donors (Lipinski definition) is 0. The maximum Gasteiger partial charge on any atom is 0.115 e. The normalized spacial score (nSPS) is 15.1. The van der Waals surface area contributed by atoms with Crippen molar-refractivity contribution in [2.24, 2.45) is 15.4 Å². The summed E-state index contributed by atoms with van der Waals surface area (Å²) in [6.07, 6.45) is 4.27. The van der Waals surface area contributed by atoms with E-state index in [4.69, 9.17) is 4.99 Å². The predicted octanol–water partition coefficient (Wildman–Crippen LogP) is 8.46. The Hall–Kier alpha value is -4.50. The van der Waals surface area contributed by atoms with E-state index in [2.05, 4.69) is 145 Å². The second-order valence-electron chi connectivity index (χ2n) is 10.00. The lowest BCUT2D eigenvalue weighted by molar-refractivity contribution is 0.610. The third-order valence-corrected chi connectivity index (χ3v) is 7.28. The van der Waals surface area contributed by atoms with Gasteiger partial charge in [-0.2, -0.15) is 0 Å². The molecule has 0 N–H and O–H groups in total. The molecule has 37 heavy (non-hydrogen) atoms. The van der Waals surface area contributed by atoms with Crippen molar-refractivity contribution in [2.75, 3.05) is 0 Å². The van der Waals surface area contributed by atoms with E-state index in [0.717, 1.165) is 28.1 Å². The predicted molar refractivity (Wildman–Crippen MR) is 157 cm³/mol. The van der Waals surface area contributed by atoms with Gasteiger partial charge < -0.3 is 4.57 Å². The fourth-order valence-electron chi connectivity index (χ4n) is 5.50. The van der Waals surface area contributed by atoms with E-state index in [9.17, 15) is 0 Å². The Morgan fingerprint density at radius 3 is 2.03 bits per heavy atom. The van der Waals surface area contributed by atoms with Gasteiger partial charge in [-0.25, -0.2) is 0 Å². The molecule has 0 amide bonds. The van der Waals surface area contributed by atoms with Crippen LogP contribution in [0.15, 0.2) is 137 Å². The lowest BCUT2D eigenvalue weighted by Gasteiger charge is -2.25. The Bertz CT molecular complexity index is 1680. The van der Waals surface area contributed by atoms with Gasteiger partial charge in [-0.1, -0.05) is 111 Å². The Morgan fingerprint density at radius 2 is 1.35 bits per heavy atom. The molecule has 0 unspecified atom stereocenters. The lowest BCUT2D eigenvalue weighted by Crippen LogP contribution is -2.20. The Morgan fingerprint density at radius 1 is 0.757 bits per heavy atom. The molecule has 0 saturated heterocycles. The minimum absolute atomic E-state index is 0.222. The van der Waals surface area contributed by atoms with Crippen LogP contribution in [-0.2, 0) is 6.67 Å². The lowest BCUT2D eigenvalue weighted by atomic mass is 9.80. The number of hydrogen-bond acceptors (Lipinski definition) is 2. The highest BCUT2D eigenvalue weighted by Crippen LogP contribution is 2.41. The zero-order valence-corrected chi connectivity index (χ0v) is 21.2. The summed E-state index contributed by atoms with van der Waals surface area (Å²) in [6.45, 7) is 8.82. The van der Waals surface area contributed by atoms with Crippen molar-refractivity contribution in [1.29, 1.82) is 0 Å². The summed E-state index contributed by atoms with van der Waals surface area (Å²) in [5.74, 6) is 0. The van der Waals surface area contributed by atoms with E-state index in [0.29, 0.717) is 6.67 Å². The van der Waals surface area contributed by atoms with Crippen LogP contribution in [0.2, 0.25) is 0 Å². The SMILES string of the molecule is C=NC1=C(/C(=N\Cn2c3ccccc3c3ccccc32)c2ccccc2-c2ccccc2)C(C)(C)C=C1. The molecule has 0 bridgehead atoms. The first kappa shape index (κ1) is 22.9. The van der Waals surface area contributed by atoms with Gasteiger partial charge in [0.2, 0.25) is 0 Å². The van der Waals surface area contributed by atoms with Crippen LogP contribution in [0.1, 0.15) is 19.4 Å². The van der Waals surface area contributed by atoms with Crippen molar-refractivity contribution in [3.63, 3.8) is 0 Å². The molecule has 3 nitrogen and oxygen atoms in total. The number of fused-ring (bicyclic) bond motifs is 3. The van der Waals surface area contributed by atoms with Gasteiger partial charge in [-0.3, -0.25) is 9.98 Å². The molecule has 0 fully saturated rings. The number of rotatable bonds is 6. The molecule has 0 atom stereocenters. The van der Waals surface area contributed by atoms with Crippen LogP contribution in [-0.4, -0.2) is 17.0 Å². The quantitative estimate of drug-likeness (QED) is 0.219. The van der Waals surface area contributed by atoms with Gasteiger partial charge in [0.1, 0.15) is 6.67 Å². The van der Waals surface area contributed by atoms with Gasteiger partial charge in [0, 0.05) is 27.3 Å². The summed E-state index contributed by atoms with van der Waals surface area (Å²) >= 11 is 0. The van der Waals surface area contributed by atoms with Crippen LogP contribution >= 0.6 is 0 Å². The molecule has 4 aromatic carbocycles. The second kappa shape index (κ2) is 9.18. The highest BCUT2D eigenvalue weighted by atomic mass is 15.1. The summed E-state index contributed by atoms with van der Waals surface area (Å²) in [6, 6.07) is 36.2. The molecular weight excluding hydrogens is 450 g/mol. The molecule has 0 saturated carbocycles. The van der Waals surface area contributed by atoms with Crippen LogP contribution < -0.4 is 0 Å². The van der Waals surface area contributed by atoms with Gasteiger partial charge in [0.25, 0.3) is 0 Å². The van der Waals surface area contributed by atoms with Crippen LogP contribution in [0.4, 0.5) is 0 Å². The topological polar surface area (TPSA) is 29.6 Å². The molecule has 5 aromatic rings. The first-order chi connectivity index (χ1) is 18.1. The summed E-state index contributed by atoms with van der Waals surface area (Å²) in [7, 11) is 0. The van der Waals surface area contributed by atoms with Crippen molar-refractivity contribution in [1.82, 2.24) is 4.57 Å². The van der Waals surface area contributed by atoms with Crippen molar-refractivity contribution in [3.05, 3.63) is 132 Å². The fraction of sp³-hybridized carbons (Fsp3) is 0.118. The number of aromatic nitrogens is 1. The average molecular weight is 480 g/mol. The molecular formula is C34H29N3. The number of allylic oxidation sites excluding steroid dienone is 3. The molecule has 0 radical (unpaired) electrons. The van der Waals surface area contributed by atoms with Crippen LogP contribution in [0.3, 0.4) is 0 Å². The average Bonchev–Trinajstić information content (AvgIpc) is 3.43. The van der Waals surface area contributed by atoms with Crippen molar-refractivity contribution in [2.45, 2.75) is 20.5 Å². The highest BCUT2D eigenvalue weighted by Gasteiger charge is 2.33. The van der Waals surface area contributed by atoms with E-state index in [-0.39, 0.29) is 5.41 Å². The largest absolute Gasteiger partial charge is 0.320 e. The van der Waals surface area contributed by atoms with Gasteiger partial charge in [0.15, 0.2) is 0 Å². The molecule has 180 valence electrons. The van der Waals surface area contributed by atoms with E-state index < -0.39 is 0 Å². The Labute approximate surface area is 217 Å². The number of benzene rings is 4. The summed E-state index contributed by atoms with van der Waals surface area (Å²) in [5.41, 5.74) is 8.51. The maximum absolute atomic E-state index is 5.39. The van der Waals surface area contributed by atoms with Crippen LogP contribution in [0, 0.1) is 5.41 Å². The van der Waals surface area contributed by atoms with Gasteiger partial charge in [0.05, 0.1) is 22.4 Å². The Balaban J connectivity index is 1.59. The first-order valence-electron chi connectivity index (χ1n) is 12.6. The Kier molecular flexibility index (Phi) is 5.69. The molecule has 6 rings (SSSR count). The third-order valence-electron chi connectivity index (χ3n) is 7.28. The zero-order valence-electron chi connectivity index (χ0n) is 21.2. The minimum Gasteiger partial charge on any atom is -0.320 e. The van der Waals surface area contributed by atoms with Crippen molar-refractivity contribution in [3.8, 4) is 11.1 Å². The smallest absolute Gasteiger partial charge is 0.115 e. The third kappa shape index (κ3) is 3.93. The van der Waals surface area contributed by atoms with E-state index in [1.165, 1.54) is 27.4 Å². The summed E-state index contributed by atoms with van der Waals surface area (Å²) in [5, 5.41) is 2.49. The standard InChI is InChI=1S/C34H29N3/c1-34(2)22-21-29(35-3)32(34)33(28-18-8-7-15-25(28)24-13-5-4-6-14-24)36-23-37-30-19-11-9-16-26(30)27-17-10-12-20-31(27)37/h4-22H,3,23H2,1-2H3/b36-33-. The van der Waals surface area contributed by atoms with Crippen LogP contribution in [0.25, 0.3) is 32.9 Å². The van der Waals surface area contributed by atoms with Crippen molar-refractivity contribution < 1.29 is 0 Å². The first-order valence-corrected chi connectivity index (χ1v) is 12.6. The molecule has 1 heterocycles. The minimum atomic E-state index is -0.222. The van der Waals surface area contributed by atoms with E-state index >= 15 is 0 Å². The molecule has 0 aliphatic heterocycles. The summed E-state index contributed by atoms with van der Waals surface area (Å²) in [4.78, 5) is 9.81. The maximum atomic E-state index is 5.39. The van der Waals surface area contributed by atoms with Gasteiger partial charge in [-0.15, -0.1) is 0 Å². The van der Waals surface area contributed by atoms with Gasteiger partial charge >= 0.3 is 0 Å². The van der Waals surface area contributed by atoms with Crippen LogP contribution in [0.5, 0.6) is 0 Å². The summed E-state index contributed by atoms with van der Waals surface area (Å²) < 4.78 is 2.31. The fourth-order valence-corrected chi connectivity index (χ4v) is 5.50. The highest BCUT2D eigenvalue weighted by molar-refractivity contribution is 6.18. The van der Waals surface area contributed by atoms with Crippen molar-refractivity contribution >= 4 is 34.2 Å². The molecule has 0 spiro atoms. The second-order valence-corrected chi connectivity index (χ2v) is 10.00. The number of para-hydroxylation sites is 2. The number of aliphatic imine (C=N–C) groups is 2.